The molecule has 58 valence electrons. The molecule has 0 aliphatic rings. The summed E-state index contributed by atoms with van der Waals surface area (Å²) in [6, 6.07) is 0. The van der Waals surface area contributed by atoms with Crippen molar-refractivity contribution in [3.63, 3.8) is 0 Å². The molecule has 0 radical (unpaired) electrons. The Morgan fingerprint density at radius 2 is 1.00 bits per heavy atom. The Kier molecular flexibility index (Phi) is 14.7. The fourth-order valence-electron chi connectivity index (χ4n) is 0.642. The van der Waals surface area contributed by atoms with Gasteiger partial charge in [-0.1, -0.05) is 12.8 Å². The zero-order valence-corrected chi connectivity index (χ0v) is 6.62. The van der Waals surface area contributed by atoms with E-state index in [2.05, 4.69) is 0 Å². The molecule has 0 amide bonds. The van der Waals surface area contributed by atoms with Gasteiger partial charge in [0.25, 0.3) is 0 Å². The van der Waals surface area contributed by atoms with Crippen LogP contribution in [0.25, 0.3) is 0 Å². The normalized spacial score (nSPS) is 8.67. The smallest absolute Gasteiger partial charge is 0.00773 e. The predicted octanol–water partition coefficient (Wildman–Crippen LogP) is 0.886. The fourth-order valence-corrected chi connectivity index (χ4v) is 0.642. The molecule has 0 aromatic rings. The molecule has 3 heteroatoms. The van der Waals surface area contributed by atoms with Crippen LogP contribution in [0.4, 0.5) is 0 Å². The summed E-state index contributed by atoms with van der Waals surface area (Å²) < 4.78 is 0. The molecule has 0 bridgehead atoms. The molecule has 0 saturated carbocycles. The highest BCUT2D eigenvalue weighted by Crippen LogP contribution is 1.95. The maximum atomic E-state index is 5.28. The van der Waals surface area contributed by atoms with Gasteiger partial charge in [-0.15, -0.1) is 12.4 Å². The van der Waals surface area contributed by atoms with Gasteiger partial charge in [-0.2, -0.15) is 0 Å². The zero-order valence-electron chi connectivity index (χ0n) is 5.81. The molecule has 0 saturated heterocycles. The first kappa shape index (κ1) is 11.9. The molecule has 4 N–H and O–H groups in total. The van der Waals surface area contributed by atoms with Crippen molar-refractivity contribution in [3.8, 4) is 0 Å². The second-order valence-electron chi connectivity index (χ2n) is 1.99. The van der Waals surface area contributed by atoms with Gasteiger partial charge in [0, 0.05) is 0 Å². The Balaban J connectivity index is 0. The van der Waals surface area contributed by atoms with E-state index in [1.165, 1.54) is 12.8 Å². The molecule has 0 spiro atoms. The number of halogens is 1. The monoisotopic (exact) mass is 152 g/mol. The minimum atomic E-state index is 0. The number of rotatable bonds is 5. The first-order valence-corrected chi connectivity index (χ1v) is 3.32. The van der Waals surface area contributed by atoms with E-state index in [9.17, 15) is 0 Å². The summed E-state index contributed by atoms with van der Waals surface area (Å²) in [7, 11) is 0. The number of unbranched alkanes of at least 4 members (excludes halogenated alkanes) is 3. The first-order valence-electron chi connectivity index (χ1n) is 3.32. The standard InChI is InChI=1S/C6H16N2.ClH/c7-5-3-1-2-4-6-8;/h1-8H2;1H. The van der Waals surface area contributed by atoms with Gasteiger partial charge in [-0.3, -0.25) is 0 Å². The van der Waals surface area contributed by atoms with Crippen LogP contribution < -0.4 is 11.5 Å². The van der Waals surface area contributed by atoms with Crippen LogP contribution in [-0.4, -0.2) is 13.1 Å². The van der Waals surface area contributed by atoms with Gasteiger partial charge >= 0.3 is 0 Å². The van der Waals surface area contributed by atoms with Crippen LogP contribution >= 0.6 is 12.4 Å². The van der Waals surface area contributed by atoms with Crippen LogP contribution in [0.2, 0.25) is 0 Å². The van der Waals surface area contributed by atoms with Crippen LogP contribution in [-0.2, 0) is 0 Å². The van der Waals surface area contributed by atoms with Gasteiger partial charge in [0.15, 0.2) is 0 Å². The molecule has 0 heterocycles. The molecule has 2 nitrogen and oxygen atoms in total. The lowest BCUT2D eigenvalue weighted by atomic mass is 10.2. The van der Waals surface area contributed by atoms with Crippen molar-refractivity contribution in [2.45, 2.75) is 25.7 Å². The zero-order chi connectivity index (χ0) is 6.24. The highest BCUT2D eigenvalue weighted by Gasteiger charge is 1.83. The Morgan fingerprint density at radius 3 is 1.22 bits per heavy atom. The van der Waals surface area contributed by atoms with E-state index in [0.717, 1.165) is 25.9 Å². The predicted molar refractivity (Wildman–Crippen MR) is 43.8 cm³/mol. The van der Waals surface area contributed by atoms with Gasteiger partial charge < -0.3 is 11.5 Å². The Morgan fingerprint density at radius 1 is 0.667 bits per heavy atom. The first-order chi connectivity index (χ1) is 3.91. The average molecular weight is 153 g/mol. The van der Waals surface area contributed by atoms with Gasteiger partial charge in [0.2, 0.25) is 0 Å². The lowest BCUT2D eigenvalue weighted by Gasteiger charge is -1.94. The SMILES string of the molecule is Cl.NCCCCCCN. The minimum Gasteiger partial charge on any atom is -0.330 e. The van der Waals surface area contributed by atoms with Crippen LogP contribution in [0.5, 0.6) is 0 Å². The van der Waals surface area contributed by atoms with Crippen molar-refractivity contribution in [2.24, 2.45) is 11.5 Å². The van der Waals surface area contributed by atoms with Crippen molar-refractivity contribution in [1.82, 2.24) is 0 Å². The average Bonchev–Trinajstić information content (AvgIpc) is 1.81. The Labute approximate surface area is 63.4 Å². The molecular formula is C6H17ClN2. The minimum absolute atomic E-state index is 0. The molecule has 9 heavy (non-hydrogen) atoms. The van der Waals surface area contributed by atoms with Gasteiger partial charge in [0.05, 0.1) is 0 Å². The van der Waals surface area contributed by atoms with Crippen LogP contribution in [0.1, 0.15) is 25.7 Å². The lowest BCUT2D eigenvalue weighted by molar-refractivity contribution is 0.653. The fraction of sp³-hybridized carbons (Fsp3) is 1.00. The van der Waals surface area contributed by atoms with Crippen LogP contribution in [0, 0.1) is 0 Å². The third-order valence-electron chi connectivity index (χ3n) is 1.16. The number of hydrogen-bond donors (Lipinski definition) is 2. The summed E-state index contributed by atoms with van der Waals surface area (Å²) in [5.74, 6) is 0. The molecule has 0 fully saturated rings. The summed E-state index contributed by atoms with van der Waals surface area (Å²) in [6.45, 7) is 1.65. The largest absolute Gasteiger partial charge is 0.330 e. The van der Waals surface area contributed by atoms with Crippen LogP contribution in [0.15, 0.2) is 0 Å². The molecule has 0 aliphatic carbocycles. The quantitative estimate of drug-likeness (QED) is 0.575. The molecule has 0 aromatic carbocycles. The second-order valence-corrected chi connectivity index (χ2v) is 1.99. The van der Waals surface area contributed by atoms with Crippen molar-refractivity contribution in [1.29, 1.82) is 0 Å². The molecular weight excluding hydrogens is 136 g/mol. The number of hydrogen-bond acceptors (Lipinski definition) is 2. The van der Waals surface area contributed by atoms with Crippen molar-refractivity contribution in [2.75, 3.05) is 13.1 Å². The molecule has 0 unspecified atom stereocenters. The van der Waals surface area contributed by atoms with E-state index < -0.39 is 0 Å². The molecule has 0 rings (SSSR count). The van der Waals surface area contributed by atoms with Crippen molar-refractivity contribution >= 4 is 12.4 Å². The highest BCUT2D eigenvalue weighted by molar-refractivity contribution is 5.85. The third kappa shape index (κ3) is 11.7. The third-order valence-corrected chi connectivity index (χ3v) is 1.16. The summed E-state index contributed by atoms with van der Waals surface area (Å²) in [5.41, 5.74) is 10.6. The van der Waals surface area contributed by atoms with E-state index in [1.54, 1.807) is 0 Å². The summed E-state index contributed by atoms with van der Waals surface area (Å²) >= 11 is 0. The van der Waals surface area contributed by atoms with Gasteiger partial charge in [-0.05, 0) is 25.9 Å². The maximum Gasteiger partial charge on any atom is -0.00773 e. The summed E-state index contributed by atoms with van der Waals surface area (Å²) in [4.78, 5) is 0. The van der Waals surface area contributed by atoms with Gasteiger partial charge in [0.1, 0.15) is 0 Å². The Hall–Kier alpha value is 0.210. The van der Waals surface area contributed by atoms with E-state index in [1.807, 2.05) is 0 Å². The summed E-state index contributed by atoms with van der Waals surface area (Å²) in [6.07, 6.45) is 4.79. The van der Waals surface area contributed by atoms with Crippen molar-refractivity contribution in [3.05, 3.63) is 0 Å². The summed E-state index contributed by atoms with van der Waals surface area (Å²) in [5, 5.41) is 0. The Bertz CT molecular complexity index is 36.0. The van der Waals surface area contributed by atoms with E-state index in [-0.39, 0.29) is 12.4 Å². The lowest BCUT2D eigenvalue weighted by Crippen LogP contribution is -2.00. The molecule has 0 aliphatic heterocycles. The van der Waals surface area contributed by atoms with Crippen LogP contribution in [0.3, 0.4) is 0 Å². The van der Waals surface area contributed by atoms with E-state index >= 15 is 0 Å². The number of nitrogens with two attached hydrogens (primary N) is 2. The second kappa shape index (κ2) is 11.1. The molecule has 0 aromatic heterocycles. The van der Waals surface area contributed by atoms with Crippen molar-refractivity contribution < 1.29 is 0 Å². The van der Waals surface area contributed by atoms with E-state index in [0.29, 0.717) is 0 Å². The molecule has 0 atom stereocenters. The van der Waals surface area contributed by atoms with Gasteiger partial charge in [-0.25, -0.2) is 0 Å². The van der Waals surface area contributed by atoms with E-state index in [4.69, 9.17) is 11.5 Å². The topological polar surface area (TPSA) is 52.0 Å². The maximum absolute atomic E-state index is 5.28. The highest BCUT2D eigenvalue weighted by atomic mass is 35.5.